The topological polar surface area (TPSA) is 54.3 Å². The highest BCUT2D eigenvalue weighted by Crippen LogP contribution is 2.24. The molecule has 1 aromatic heterocycles. The second kappa shape index (κ2) is 8.89. The van der Waals surface area contributed by atoms with Crippen LogP contribution in [0.3, 0.4) is 0 Å². The van der Waals surface area contributed by atoms with E-state index in [9.17, 15) is 9.90 Å². The molecule has 2 N–H and O–H groups in total. The van der Waals surface area contributed by atoms with Gasteiger partial charge in [-0.25, -0.2) is 4.79 Å². The Hall–Kier alpha value is -2.85. The minimum atomic E-state index is -0.857. The molecular weight excluding hydrogens is 348 g/mol. The summed E-state index contributed by atoms with van der Waals surface area (Å²) in [6.07, 6.45) is 0.922. The fourth-order valence-corrected chi connectivity index (χ4v) is 3.73. The number of carbonyl (C=O) groups is 1. The molecule has 3 rings (SSSR count). The lowest BCUT2D eigenvalue weighted by molar-refractivity contribution is 0.0694. The molecule has 0 aliphatic carbocycles. The van der Waals surface area contributed by atoms with Crippen LogP contribution in [0, 0.1) is 20.8 Å². The lowest BCUT2D eigenvalue weighted by atomic mass is 10.1. The van der Waals surface area contributed by atoms with Crippen molar-refractivity contribution in [3.8, 4) is 0 Å². The highest BCUT2D eigenvalue weighted by Gasteiger charge is 2.22. The van der Waals surface area contributed by atoms with E-state index in [0.29, 0.717) is 18.7 Å². The summed E-state index contributed by atoms with van der Waals surface area (Å²) in [5.74, 6) is -0.857. The SMILES string of the molecule is Cc1ccccc1Cn1c(C)c(CNCCc2ccccc2)c(C(=O)O)c1C. The van der Waals surface area contributed by atoms with Crippen molar-refractivity contribution in [3.63, 3.8) is 0 Å². The maximum atomic E-state index is 11.9. The van der Waals surface area contributed by atoms with E-state index in [1.807, 2.05) is 44.2 Å². The molecule has 0 aliphatic heterocycles. The van der Waals surface area contributed by atoms with Crippen LogP contribution in [0.15, 0.2) is 54.6 Å². The van der Waals surface area contributed by atoms with Gasteiger partial charge >= 0.3 is 5.97 Å². The van der Waals surface area contributed by atoms with Crippen LogP contribution in [-0.4, -0.2) is 22.2 Å². The molecular formula is C24H28N2O2. The van der Waals surface area contributed by atoms with E-state index >= 15 is 0 Å². The summed E-state index contributed by atoms with van der Waals surface area (Å²) in [6, 6.07) is 18.6. The van der Waals surface area contributed by atoms with Crippen LogP contribution < -0.4 is 5.32 Å². The first-order valence-electron chi connectivity index (χ1n) is 9.70. The third-order valence-electron chi connectivity index (χ3n) is 5.45. The Bertz CT molecular complexity index is 958. The van der Waals surface area contributed by atoms with Gasteiger partial charge in [0.05, 0.1) is 5.56 Å². The summed E-state index contributed by atoms with van der Waals surface area (Å²) in [5, 5.41) is 13.2. The Kier molecular flexibility index (Phi) is 6.32. The van der Waals surface area contributed by atoms with Gasteiger partial charge in [0.2, 0.25) is 0 Å². The molecule has 0 fully saturated rings. The molecule has 0 unspecified atom stereocenters. The Morgan fingerprint density at radius 2 is 1.64 bits per heavy atom. The third kappa shape index (κ3) is 4.34. The minimum Gasteiger partial charge on any atom is -0.478 e. The molecule has 0 aliphatic rings. The molecule has 0 saturated heterocycles. The number of aryl methyl sites for hydroxylation is 1. The molecule has 0 spiro atoms. The van der Waals surface area contributed by atoms with Crippen LogP contribution in [-0.2, 0) is 19.5 Å². The number of nitrogens with zero attached hydrogens (tertiary/aromatic N) is 1. The van der Waals surface area contributed by atoms with Gasteiger partial charge in [-0.2, -0.15) is 0 Å². The predicted molar refractivity (Wildman–Crippen MR) is 113 cm³/mol. The van der Waals surface area contributed by atoms with Crippen molar-refractivity contribution >= 4 is 5.97 Å². The summed E-state index contributed by atoms with van der Waals surface area (Å²) in [5.41, 5.74) is 6.85. The Balaban J connectivity index is 1.78. The fourth-order valence-electron chi connectivity index (χ4n) is 3.73. The molecule has 4 heteroatoms. The van der Waals surface area contributed by atoms with E-state index in [1.54, 1.807) is 0 Å². The molecule has 3 aromatic rings. The maximum Gasteiger partial charge on any atom is 0.337 e. The zero-order chi connectivity index (χ0) is 20.1. The normalized spacial score (nSPS) is 11.0. The number of hydrogen-bond donors (Lipinski definition) is 2. The van der Waals surface area contributed by atoms with Crippen LogP contribution >= 0.6 is 0 Å². The standard InChI is InChI=1S/C24H28N2O2/c1-17-9-7-8-12-21(17)16-26-18(2)22(23(19(26)3)24(27)28)15-25-14-13-20-10-5-4-6-11-20/h4-12,25H,13-16H2,1-3H3,(H,27,28). The van der Waals surface area contributed by atoms with Crippen molar-refractivity contribution in [2.75, 3.05) is 6.54 Å². The fraction of sp³-hybridized carbons (Fsp3) is 0.292. The molecule has 2 aromatic carbocycles. The van der Waals surface area contributed by atoms with Crippen molar-refractivity contribution in [2.45, 2.75) is 40.3 Å². The number of hydrogen-bond acceptors (Lipinski definition) is 2. The van der Waals surface area contributed by atoms with Crippen LogP contribution in [0.2, 0.25) is 0 Å². The first-order chi connectivity index (χ1) is 13.5. The van der Waals surface area contributed by atoms with E-state index in [-0.39, 0.29) is 0 Å². The number of carboxylic acids is 1. The maximum absolute atomic E-state index is 11.9. The van der Waals surface area contributed by atoms with Crippen LogP contribution in [0.1, 0.15) is 44.0 Å². The van der Waals surface area contributed by atoms with Gasteiger partial charge in [-0.3, -0.25) is 0 Å². The first kappa shape index (κ1) is 19.9. The van der Waals surface area contributed by atoms with Crippen LogP contribution in [0.4, 0.5) is 0 Å². The van der Waals surface area contributed by atoms with Crippen molar-refractivity contribution < 1.29 is 9.90 Å². The minimum absolute atomic E-state index is 0.429. The summed E-state index contributed by atoms with van der Waals surface area (Å²) in [4.78, 5) is 11.9. The quantitative estimate of drug-likeness (QED) is 0.570. The molecule has 4 nitrogen and oxygen atoms in total. The van der Waals surface area contributed by atoms with Gasteiger partial charge in [0.1, 0.15) is 0 Å². The number of benzene rings is 2. The van der Waals surface area contributed by atoms with Gasteiger partial charge in [-0.15, -0.1) is 0 Å². The zero-order valence-electron chi connectivity index (χ0n) is 16.8. The lowest BCUT2D eigenvalue weighted by Crippen LogP contribution is -2.18. The second-order valence-corrected chi connectivity index (χ2v) is 7.25. The molecule has 0 radical (unpaired) electrons. The average Bonchev–Trinajstić information content (AvgIpc) is 2.92. The van der Waals surface area contributed by atoms with Crippen molar-refractivity contribution in [1.29, 1.82) is 0 Å². The molecule has 1 heterocycles. The Labute approximate surface area is 166 Å². The van der Waals surface area contributed by atoms with Gasteiger partial charge in [-0.05, 0) is 50.4 Å². The van der Waals surface area contributed by atoms with E-state index in [1.165, 1.54) is 16.7 Å². The number of aromatic nitrogens is 1. The number of aromatic carboxylic acids is 1. The predicted octanol–water partition coefficient (Wildman–Crippen LogP) is 4.49. The van der Waals surface area contributed by atoms with Crippen LogP contribution in [0.25, 0.3) is 0 Å². The summed E-state index contributed by atoms with van der Waals surface area (Å²) >= 11 is 0. The van der Waals surface area contributed by atoms with Gasteiger partial charge < -0.3 is 15.0 Å². The average molecular weight is 377 g/mol. The molecule has 28 heavy (non-hydrogen) atoms. The number of carboxylic acid groups (broad SMARTS) is 1. The van der Waals surface area contributed by atoms with Gasteiger partial charge in [0, 0.05) is 30.0 Å². The van der Waals surface area contributed by atoms with Crippen molar-refractivity contribution in [1.82, 2.24) is 9.88 Å². The Morgan fingerprint density at radius 3 is 2.32 bits per heavy atom. The molecule has 0 atom stereocenters. The monoisotopic (exact) mass is 376 g/mol. The van der Waals surface area contributed by atoms with E-state index < -0.39 is 5.97 Å². The van der Waals surface area contributed by atoms with Gasteiger partial charge in [0.25, 0.3) is 0 Å². The number of rotatable bonds is 8. The lowest BCUT2D eigenvalue weighted by Gasteiger charge is -2.12. The van der Waals surface area contributed by atoms with E-state index in [0.717, 1.165) is 29.9 Å². The molecule has 0 amide bonds. The molecule has 146 valence electrons. The summed E-state index contributed by atoms with van der Waals surface area (Å²) < 4.78 is 2.12. The Morgan fingerprint density at radius 1 is 0.964 bits per heavy atom. The largest absolute Gasteiger partial charge is 0.478 e. The van der Waals surface area contributed by atoms with Crippen LogP contribution in [0.5, 0.6) is 0 Å². The van der Waals surface area contributed by atoms with Crippen molar-refractivity contribution in [3.05, 3.63) is 93.8 Å². The first-order valence-corrected chi connectivity index (χ1v) is 9.70. The smallest absolute Gasteiger partial charge is 0.337 e. The summed E-state index contributed by atoms with van der Waals surface area (Å²) in [7, 11) is 0. The zero-order valence-corrected chi connectivity index (χ0v) is 16.8. The van der Waals surface area contributed by atoms with Gasteiger partial charge in [-0.1, -0.05) is 54.6 Å². The summed E-state index contributed by atoms with van der Waals surface area (Å²) in [6.45, 7) is 8.07. The van der Waals surface area contributed by atoms with E-state index in [4.69, 9.17) is 0 Å². The van der Waals surface area contributed by atoms with E-state index in [2.05, 4.69) is 41.1 Å². The molecule has 0 saturated carbocycles. The molecule has 0 bridgehead atoms. The highest BCUT2D eigenvalue weighted by atomic mass is 16.4. The second-order valence-electron chi connectivity index (χ2n) is 7.25. The number of nitrogens with one attached hydrogen (secondary N) is 1. The highest BCUT2D eigenvalue weighted by molar-refractivity contribution is 5.91. The van der Waals surface area contributed by atoms with Crippen molar-refractivity contribution in [2.24, 2.45) is 0 Å². The van der Waals surface area contributed by atoms with Gasteiger partial charge in [0.15, 0.2) is 0 Å². The third-order valence-corrected chi connectivity index (χ3v) is 5.45.